The first-order chi connectivity index (χ1) is 11.9. The molecule has 0 aliphatic carbocycles. The molecule has 0 fully saturated rings. The first kappa shape index (κ1) is 18.9. The first-order valence-corrected chi connectivity index (χ1v) is 8.97. The number of tetrazole rings is 1. The molecule has 134 valence electrons. The van der Waals surface area contributed by atoms with Crippen LogP contribution >= 0.6 is 11.8 Å². The van der Waals surface area contributed by atoms with Crippen LogP contribution < -0.4 is 10.6 Å². The Labute approximate surface area is 150 Å². The third-order valence-corrected chi connectivity index (χ3v) is 4.17. The fourth-order valence-electron chi connectivity index (χ4n) is 2.02. The van der Waals surface area contributed by atoms with Gasteiger partial charge in [-0.25, -0.2) is 4.79 Å². The Hall–Kier alpha value is -2.42. The molecule has 1 heterocycles. The molecule has 0 spiro atoms. The predicted octanol–water partition coefficient (Wildman–Crippen LogP) is 2.11. The minimum Gasteiger partial charge on any atom is -0.336 e. The topological polar surface area (TPSA) is 102 Å². The van der Waals surface area contributed by atoms with Gasteiger partial charge in [0.15, 0.2) is 0 Å². The predicted molar refractivity (Wildman–Crippen MR) is 95.8 cm³/mol. The van der Waals surface area contributed by atoms with Crippen LogP contribution in [-0.4, -0.2) is 43.9 Å². The molecule has 3 amide bonds. The Morgan fingerprint density at radius 1 is 1.16 bits per heavy atom. The van der Waals surface area contributed by atoms with Gasteiger partial charge in [0.2, 0.25) is 11.1 Å². The molecule has 0 aliphatic heterocycles. The maximum Gasteiger partial charge on any atom is 0.321 e. The second-order valence-corrected chi connectivity index (χ2v) is 7.03. The summed E-state index contributed by atoms with van der Waals surface area (Å²) in [7, 11) is 0. The fourth-order valence-corrected chi connectivity index (χ4v) is 2.71. The number of nitrogens with one attached hydrogen (secondary N) is 2. The standard InChI is InChI=1S/C16H22N6O2S/c1-10(2)12-5-7-13(8-6-12)22-16(19-20-21-22)25-9-14(23)18-15(24)17-11(3)4/h5-8,10-11H,9H2,1-4H3,(H2,17,18,23,24). The van der Waals surface area contributed by atoms with E-state index in [2.05, 4.69) is 40.0 Å². The van der Waals surface area contributed by atoms with E-state index in [1.54, 1.807) is 4.68 Å². The van der Waals surface area contributed by atoms with Gasteiger partial charge in [0.05, 0.1) is 11.4 Å². The number of aromatic nitrogens is 4. The molecule has 2 N–H and O–H groups in total. The van der Waals surface area contributed by atoms with Crippen LogP contribution in [-0.2, 0) is 4.79 Å². The van der Waals surface area contributed by atoms with Gasteiger partial charge in [0.25, 0.3) is 0 Å². The van der Waals surface area contributed by atoms with Gasteiger partial charge >= 0.3 is 6.03 Å². The normalized spacial score (nSPS) is 11.0. The summed E-state index contributed by atoms with van der Waals surface area (Å²) in [5, 5.41) is 16.9. The third-order valence-electron chi connectivity index (χ3n) is 3.25. The van der Waals surface area contributed by atoms with E-state index < -0.39 is 11.9 Å². The van der Waals surface area contributed by atoms with Crippen LogP contribution in [0.1, 0.15) is 39.2 Å². The van der Waals surface area contributed by atoms with E-state index in [1.807, 2.05) is 38.1 Å². The zero-order valence-electron chi connectivity index (χ0n) is 14.7. The number of nitrogens with zero attached hydrogens (tertiary/aromatic N) is 4. The molecule has 8 nitrogen and oxygen atoms in total. The van der Waals surface area contributed by atoms with Gasteiger partial charge in [-0.05, 0) is 47.9 Å². The Morgan fingerprint density at radius 2 is 1.84 bits per heavy atom. The SMILES string of the molecule is CC(C)NC(=O)NC(=O)CSc1nnnn1-c1ccc(C(C)C)cc1. The lowest BCUT2D eigenvalue weighted by Crippen LogP contribution is -2.43. The molecule has 0 saturated carbocycles. The molecule has 0 bridgehead atoms. The number of amides is 3. The van der Waals surface area contributed by atoms with E-state index in [0.29, 0.717) is 11.1 Å². The van der Waals surface area contributed by atoms with E-state index >= 15 is 0 Å². The second kappa shape index (κ2) is 8.61. The molecule has 2 aromatic rings. The molecule has 0 aliphatic rings. The summed E-state index contributed by atoms with van der Waals surface area (Å²) < 4.78 is 1.57. The zero-order chi connectivity index (χ0) is 18.4. The Kier molecular flexibility index (Phi) is 6.51. The smallest absolute Gasteiger partial charge is 0.321 e. The summed E-state index contributed by atoms with van der Waals surface area (Å²) in [5.74, 6) is 0.0704. The van der Waals surface area contributed by atoms with Crippen LogP contribution in [0.25, 0.3) is 5.69 Å². The lowest BCUT2D eigenvalue weighted by Gasteiger charge is -2.09. The molecule has 0 unspecified atom stereocenters. The van der Waals surface area contributed by atoms with Crippen molar-refractivity contribution < 1.29 is 9.59 Å². The lowest BCUT2D eigenvalue weighted by atomic mass is 10.0. The monoisotopic (exact) mass is 362 g/mol. The van der Waals surface area contributed by atoms with Crippen LogP contribution in [0.2, 0.25) is 0 Å². The van der Waals surface area contributed by atoms with Gasteiger partial charge in [0.1, 0.15) is 0 Å². The number of benzene rings is 1. The van der Waals surface area contributed by atoms with Crippen molar-refractivity contribution in [3.63, 3.8) is 0 Å². The second-order valence-electron chi connectivity index (χ2n) is 6.08. The first-order valence-electron chi connectivity index (χ1n) is 7.98. The van der Waals surface area contributed by atoms with Gasteiger partial charge in [-0.15, -0.1) is 5.10 Å². The minimum atomic E-state index is -0.510. The number of urea groups is 1. The van der Waals surface area contributed by atoms with Crippen molar-refractivity contribution in [1.82, 2.24) is 30.8 Å². The quantitative estimate of drug-likeness (QED) is 0.763. The molecular formula is C16H22N6O2S. The molecule has 1 aromatic carbocycles. The summed E-state index contributed by atoms with van der Waals surface area (Å²) in [6, 6.07) is 7.38. The Bertz CT molecular complexity index is 726. The highest BCUT2D eigenvalue weighted by Crippen LogP contribution is 2.20. The van der Waals surface area contributed by atoms with Gasteiger partial charge < -0.3 is 5.32 Å². The van der Waals surface area contributed by atoms with Crippen molar-refractivity contribution in [3.8, 4) is 5.69 Å². The molecule has 0 atom stereocenters. The van der Waals surface area contributed by atoms with Crippen LogP contribution in [0.5, 0.6) is 0 Å². The molecule has 0 radical (unpaired) electrons. The van der Waals surface area contributed by atoms with E-state index in [1.165, 1.54) is 5.56 Å². The summed E-state index contributed by atoms with van der Waals surface area (Å²) >= 11 is 1.16. The van der Waals surface area contributed by atoms with Crippen molar-refractivity contribution in [3.05, 3.63) is 29.8 Å². The van der Waals surface area contributed by atoms with Crippen molar-refractivity contribution in [2.24, 2.45) is 0 Å². The van der Waals surface area contributed by atoms with E-state index in [-0.39, 0.29) is 11.8 Å². The molecule has 1 aromatic heterocycles. The van der Waals surface area contributed by atoms with Gasteiger partial charge in [-0.1, -0.05) is 37.7 Å². The molecular weight excluding hydrogens is 340 g/mol. The van der Waals surface area contributed by atoms with Crippen molar-refractivity contribution in [2.45, 2.75) is 44.8 Å². The van der Waals surface area contributed by atoms with Crippen LogP contribution in [0.15, 0.2) is 29.4 Å². The average Bonchev–Trinajstić information content (AvgIpc) is 3.00. The summed E-state index contributed by atoms with van der Waals surface area (Å²) in [4.78, 5) is 23.3. The zero-order valence-corrected chi connectivity index (χ0v) is 15.5. The number of thioether (sulfide) groups is 1. The van der Waals surface area contributed by atoms with Crippen molar-refractivity contribution >= 4 is 23.7 Å². The van der Waals surface area contributed by atoms with Crippen LogP contribution in [0.4, 0.5) is 4.79 Å². The van der Waals surface area contributed by atoms with E-state index in [9.17, 15) is 9.59 Å². The van der Waals surface area contributed by atoms with Gasteiger partial charge in [-0.2, -0.15) is 4.68 Å². The fraction of sp³-hybridized carbons (Fsp3) is 0.438. The maximum atomic E-state index is 11.8. The van der Waals surface area contributed by atoms with Crippen LogP contribution in [0, 0.1) is 0 Å². The lowest BCUT2D eigenvalue weighted by molar-refractivity contribution is -0.117. The highest BCUT2D eigenvalue weighted by atomic mass is 32.2. The molecule has 0 saturated heterocycles. The summed E-state index contributed by atoms with van der Waals surface area (Å²) in [6.07, 6.45) is 0. The van der Waals surface area contributed by atoms with E-state index in [0.717, 1.165) is 17.4 Å². The number of carbonyl (C=O) groups is 2. The summed E-state index contributed by atoms with van der Waals surface area (Å²) in [5.41, 5.74) is 2.04. The van der Waals surface area contributed by atoms with Gasteiger partial charge in [0, 0.05) is 6.04 Å². The third kappa shape index (κ3) is 5.56. The highest BCUT2D eigenvalue weighted by Gasteiger charge is 2.14. The van der Waals surface area contributed by atoms with Crippen molar-refractivity contribution in [1.29, 1.82) is 0 Å². The van der Waals surface area contributed by atoms with E-state index in [4.69, 9.17) is 0 Å². The highest BCUT2D eigenvalue weighted by molar-refractivity contribution is 7.99. The maximum absolute atomic E-state index is 11.8. The molecule has 2 rings (SSSR count). The van der Waals surface area contributed by atoms with Crippen LogP contribution in [0.3, 0.4) is 0 Å². The number of rotatable bonds is 6. The Morgan fingerprint density at radius 3 is 2.44 bits per heavy atom. The summed E-state index contributed by atoms with van der Waals surface area (Å²) in [6.45, 7) is 7.89. The van der Waals surface area contributed by atoms with Crippen molar-refractivity contribution in [2.75, 3.05) is 5.75 Å². The number of hydrogen-bond acceptors (Lipinski definition) is 6. The van der Waals surface area contributed by atoms with Gasteiger partial charge in [-0.3, -0.25) is 10.1 Å². The largest absolute Gasteiger partial charge is 0.336 e. The minimum absolute atomic E-state index is 0.0377. The number of imide groups is 1. The molecule has 25 heavy (non-hydrogen) atoms. The Balaban J connectivity index is 1.97. The average molecular weight is 362 g/mol. The number of carbonyl (C=O) groups excluding carboxylic acids is 2. The molecule has 9 heteroatoms. The number of hydrogen-bond donors (Lipinski definition) is 2.